The van der Waals surface area contributed by atoms with Gasteiger partial charge in [0.1, 0.15) is 11.4 Å². The highest BCUT2D eigenvalue weighted by atomic mass is 32.1. The predicted molar refractivity (Wildman–Crippen MR) is 176 cm³/mol. The summed E-state index contributed by atoms with van der Waals surface area (Å²) in [5.74, 6) is -4.63. The number of nitrogens with two attached hydrogens (primary N) is 1. The Bertz CT molecular complexity index is 2060. The summed E-state index contributed by atoms with van der Waals surface area (Å²) in [6.45, 7) is 5.42. The Hall–Kier alpha value is -5.58. The van der Waals surface area contributed by atoms with Gasteiger partial charge in [-0.2, -0.15) is 4.37 Å². The zero-order valence-corrected chi connectivity index (χ0v) is 27.5. The van der Waals surface area contributed by atoms with Crippen LogP contribution in [0.2, 0.25) is 0 Å². The molecule has 2 aromatic heterocycles. The van der Waals surface area contributed by atoms with Crippen LogP contribution in [0.15, 0.2) is 54.6 Å². The Kier molecular flexibility index (Phi) is 8.26. The first-order valence-electron chi connectivity index (χ1n) is 15.0. The van der Waals surface area contributed by atoms with Crippen molar-refractivity contribution >= 4 is 74.4 Å². The van der Waals surface area contributed by atoms with Gasteiger partial charge in [0.2, 0.25) is 6.10 Å². The van der Waals surface area contributed by atoms with Crippen molar-refractivity contribution in [2.45, 2.75) is 45.0 Å². The number of carbonyl (C=O) groups is 6. The zero-order valence-electron chi connectivity index (χ0n) is 26.7. The van der Waals surface area contributed by atoms with E-state index < -0.39 is 52.8 Å². The first-order chi connectivity index (χ1) is 23.1. The summed E-state index contributed by atoms with van der Waals surface area (Å²) in [5, 5.41) is 13.2. The van der Waals surface area contributed by atoms with E-state index in [-0.39, 0.29) is 57.3 Å². The smallest absolute Gasteiger partial charge is 0.303 e. The lowest BCUT2D eigenvalue weighted by Gasteiger charge is -2.42. The molecule has 49 heavy (non-hydrogen) atoms. The number of nitrogens with zero attached hydrogens (tertiary/aromatic N) is 4. The Morgan fingerprint density at radius 2 is 1.73 bits per heavy atom. The number of hydrogen-bond acceptors (Lipinski definition) is 12. The third kappa shape index (κ3) is 5.68. The maximum Gasteiger partial charge on any atom is 0.303 e. The van der Waals surface area contributed by atoms with Crippen molar-refractivity contribution in [3.8, 4) is 0 Å². The maximum absolute atomic E-state index is 14.0. The van der Waals surface area contributed by atoms with Crippen LogP contribution in [0, 0.1) is 0 Å². The van der Waals surface area contributed by atoms with Gasteiger partial charge in [0.25, 0.3) is 29.5 Å². The van der Waals surface area contributed by atoms with Gasteiger partial charge in [-0.25, -0.2) is 9.88 Å². The molecule has 0 unspecified atom stereocenters. The van der Waals surface area contributed by atoms with E-state index in [1.54, 1.807) is 44.2 Å². The number of fused-ring (bicyclic) bond motifs is 2. The van der Waals surface area contributed by atoms with Crippen molar-refractivity contribution in [1.82, 2.24) is 9.36 Å². The van der Waals surface area contributed by atoms with E-state index in [9.17, 15) is 33.9 Å². The number of rotatable bonds is 8. The molecule has 0 bridgehead atoms. The Morgan fingerprint density at radius 3 is 2.35 bits per heavy atom. The number of imide groups is 1. The number of aliphatic hydroxyl groups is 1. The van der Waals surface area contributed by atoms with Crippen molar-refractivity contribution in [3.63, 3.8) is 0 Å². The van der Waals surface area contributed by atoms with Crippen molar-refractivity contribution < 1.29 is 43.3 Å². The average Bonchev–Trinajstić information content (AvgIpc) is 3.57. The van der Waals surface area contributed by atoms with E-state index >= 15 is 0 Å². The number of morpholine rings is 1. The van der Waals surface area contributed by atoms with Gasteiger partial charge in [0.15, 0.2) is 11.4 Å². The number of hydrogen-bond donors (Lipinski definition) is 3. The third-order valence-corrected chi connectivity index (χ3v) is 9.05. The predicted octanol–water partition coefficient (Wildman–Crippen LogP) is 2.51. The van der Waals surface area contributed by atoms with Crippen molar-refractivity contribution in [1.29, 1.82) is 0 Å². The number of esters is 1. The molecule has 0 radical (unpaired) electrons. The minimum atomic E-state index is -2.06. The monoisotopic (exact) mass is 686 g/mol. The van der Waals surface area contributed by atoms with Crippen molar-refractivity contribution in [2.75, 3.05) is 28.3 Å². The highest BCUT2D eigenvalue weighted by Crippen LogP contribution is 2.39. The molecule has 2 aliphatic rings. The summed E-state index contributed by atoms with van der Waals surface area (Å²) in [4.78, 5) is 85.9. The SMILES string of the molecule is CC(=O)O[C@@H](C(=O)Nc1ccc2c(N3C(=O)c4ccccc4C3=O)nsc2c1C(N)=O)[C@@]1(C)OCCN(c2cccc(C(C)(C)O)n2)C1=O. The maximum atomic E-state index is 14.0. The third-order valence-electron chi connectivity index (χ3n) is 8.18. The van der Waals surface area contributed by atoms with Gasteiger partial charge in [-0.05, 0) is 68.7 Å². The van der Waals surface area contributed by atoms with Crippen LogP contribution in [0.3, 0.4) is 0 Å². The Labute approximate surface area is 282 Å². The number of carbonyl (C=O) groups excluding carboxylic acids is 6. The summed E-state index contributed by atoms with van der Waals surface area (Å²) >= 11 is 0.783. The van der Waals surface area contributed by atoms with Crippen LogP contribution in [0.25, 0.3) is 10.1 Å². The first-order valence-corrected chi connectivity index (χ1v) is 15.7. The van der Waals surface area contributed by atoms with Gasteiger partial charge in [-0.1, -0.05) is 18.2 Å². The molecule has 0 spiro atoms. The first kappa shape index (κ1) is 33.3. The van der Waals surface area contributed by atoms with Crippen LogP contribution >= 0.6 is 11.5 Å². The molecule has 4 heterocycles. The number of amides is 5. The number of anilines is 3. The van der Waals surface area contributed by atoms with Gasteiger partial charge in [0.05, 0.1) is 45.9 Å². The quantitative estimate of drug-likeness (QED) is 0.181. The summed E-state index contributed by atoms with van der Waals surface area (Å²) in [7, 11) is 0. The molecule has 2 atom stereocenters. The second-order valence-corrected chi connectivity index (χ2v) is 12.8. The van der Waals surface area contributed by atoms with Gasteiger partial charge < -0.3 is 25.6 Å². The van der Waals surface area contributed by atoms with Crippen molar-refractivity contribution in [3.05, 3.63) is 77.0 Å². The number of pyridine rings is 1. The molecule has 0 aliphatic carbocycles. The molecule has 4 aromatic rings. The fourth-order valence-corrected chi connectivity index (χ4v) is 6.68. The average molecular weight is 687 g/mol. The zero-order chi connectivity index (χ0) is 35.4. The van der Waals surface area contributed by atoms with Crippen molar-refractivity contribution in [2.24, 2.45) is 5.73 Å². The number of aromatic nitrogens is 2. The fraction of sp³-hybridized carbons (Fsp3) is 0.273. The van der Waals surface area contributed by atoms with E-state index in [1.807, 2.05) is 0 Å². The van der Waals surface area contributed by atoms with Crippen LogP contribution in [0.4, 0.5) is 17.3 Å². The summed E-state index contributed by atoms with van der Waals surface area (Å²) < 4.78 is 15.7. The van der Waals surface area contributed by atoms with Gasteiger partial charge >= 0.3 is 5.97 Å². The van der Waals surface area contributed by atoms with Crippen LogP contribution in [0.1, 0.15) is 64.5 Å². The summed E-state index contributed by atoms with van der Waals surface area (Å²) in [5.41, 5.74) is 2.80. The lowest BCUT2D eigenvalue weighted by atomic mass is 9.93. The number of benzene rings is 2. The molecule has 2 aromatic carbocycles. The molecule has 252 valence electrons. The topological polar surface area (TPSA) is 211 Å². The lowest BCUT2D eigenvalue weighted by Crippen LogP contribution is -2.64. The second-order valence-electron chi connectivity index (χ2n) is 12.1. The summed E-state index contributed by atoms with van der Waals surface area (Å²) in [6.07, 6.45) is -1.86. The standard InChI is InChI=1S/C33H30N6O9S/c1-16(40)48-25(33(4)31(45)38(14-15-47-33)22-11-7-10-21(36-22)32(2,3)46)28(42)35-20-13-12-19-24(23(20)26(34)41)49-37-27(19)39-29(43)17-8-5-6-9-18(17)30(39)44/h5-13,25,46H,14-15H2,1-4H3,(H2,34,41)(H,35,42)/t25-,33+/m0/s1. The Morgan fingerprint density at radius 1 is 1.06 bits per heavy atom. The Balaban J connectivity index is 1.34. The fourth-order valence-electron chi connectivity index (χ4n) is 5.76. The second kappa shape index (κ2) is 12.1. The molecule has 15 nitrogen and oxygen atoms in total. The van der Waals surface area contributed by atoms with E-state index in [0.29, 0.717) is 5.69 Å². The molecular formula is C33H30N6O9S. The van der Waals surface area contributed by atoms with E-state index in [0.717, 1.165) is 23.4 Å². The van der Waals surface area contributed by atoms with Crippen LogP contribution in [-0.4, -0.2) is 74.8 Å². The highest BCUT2D eigenvalue weighted by molar-refractivity contribution is 7.14. The van der Waals surface area contributed by atoms with Gasteiger partial charge in [-0.15, -0.1) is 0 Å². The molecule has 6 rings (SSSR count). The number of primary amides is 1. The lowest BCUT2D eigenvalue weighted by molar-refractivity contribution is -0.183. The van der Waals surface area contributed by atoms with Gasteiger partial charge in [-0.3, -0.25) is 33.7 Å². The largest absolute Gasteiger partial charge is 0.449 e. The molecule has 1 fully saturated rings. The number of ether oxygens (including phenoxy) is 2. The van der Waals surface area contributed by atoms with E-state index in [1.165, 1.54) is 36.1 Å². The molecule has 5 amide bonds. The molecule has 2 aliphatic heterocycles. The van der Waals surface area contributed by atoms with Crippen LogP contribution < -0.4 is 20.9 Å². The van der Waals surface area contributed by atoms with Crippen LogP contribution in [-0.2, 0) is 29.5 Å². The summed E-state index contributed by atoms with van der Waals surface area (Å²) in [6, 6.07) is 13.9. The highest BCUT2D eigenvalue weighted by Gasteiger charge is 2.54. The van der Waals surface area contributed by atoms with E-state index in [4.69, 9.17) is 15.2 Å². The van der Waals surface area contributed by atoms with Gasteiger partial charge in [0, 0.05) is 12.3 Å². The van der Waals surface area contributed by atoms with Crippen LogP contribution in [0.5, 0.6) is 0 Å². The normalized spacial score (nSPS) is 18.4. The molecule has 16 heteroatoms. The molecular weight excluding hydrogens is 656 g/mol. The molecule has 0 saturated carbocycles. The molecule has 1 saturated heterocycles. The molecule has 4 N–H and O–H groups in total. The minimum absolute atomic E-state index is 0.0135. The minimum Gasteiger partial charge on any atom is -0.449 e. The number of nitrogens with one attached hydrogen (secondary N) is 1. The van der Waals surface area contributed by atoms with E-state index in [2.05, 4.69) is 14.7 Å².